The lowest BCUT2D eigenvalue weighted by atomic mass is 10.0. The number of aliphatic hydroxyl groups is 1. The van der Waals surface area contributed by atoms with Crippen LogP contribution in [0.15, 0.2) is 0 Å². The summed E-state index contributed by atoms with van der Waals surface area (Å²) in [6, 6.07) is 0. The van der Waals surface area contributed by atoms with Crippen molar-refractivity contribution in [3.05, 3.63) is 0 Å². The molecule has 19 heteroatoms. The molecule has 0 saturated heterocycles. The molecular weight excluding hydrogens is 1170 g/mol. The van der Waals surface area contributed by atoms with Crippen molar-refractivity contribution in [2.75, 3.05) is 39.6 Å². The van der Waals surface area contributed by atoms with Gasteiger partial charge in [-0.2, -0.15) is 0 Å². The van der Waals surface area contributed by atoms with Crippen LogP contribution in [0, 0.1) is 5.92 Å². The van der Waals surface area contributed by atoms with Gasteiger partial charge in [0.2, 0.25) is 0 Å². The minimum absolute atomic E-state index is 0.107. The zero-order chi connectivity index (χ0) is 65.6. The summed E-state index contributed by atoms with van der Waals surface area (Å²) >= 11 is 0. The molecule has 0 aromatic heterocycles. The van der Waals surface area contributed by atoms with Crippen LogP contribution in [-0.2, 0) is 65.4 Å². The molecule has 0 amide bonds. The number of hydrogen-bond acceptors (Lipinski definition) is 15. The monoisotopic (exact) mass is 1310 g/mol. The first kappa shape index (κ1) is 87.1. The highest BCUT2D eigenvalue weighted by Gasteiger charge is 2.30. The molecule has 17 nitrogen and oxygen atoms in total. The number of phosphoric acid groups is 2. The minimum atomic E-state index is -4.95. The molecule has 3 N–H and O–H groups in total. The van der Waals surface area contributed by atoms with Gasteiger partial charge in [0.1, 0.15) is 19.3 Å². The summed E-state index contributed by atoms with van der Waals surface area (Å²) in [5.74, 6) is -1.38. The number of phosphoric ester groups is 2. The zero-order valence-electron chi connectivity index (χ0n) is 57.6. The predicted molar refractivity (Wildman–Crippen MR) is 358 cm³/mol. The van der Waals surface area contributed by atoms with Gasteiger partial charge in [0.15, 0.2) is 12.2 Å². The van der Waals surface area contributed by atoms with E-state index >= 15 is 0 Å². The molecule has 0 fully saturated rings. The van der Waals surface area contributed by atoms with Crippen molar-refractivity contribution in [2.24, 2.45) is 5.92 Å². The topological polar surface area (TPSA) is 237 Å². The third-order valence-corrected chi connectivity index (χ3v) is 18.2. The molecule has 0 rings (SSSR count). The maximum absolute atomic E-state index is 13.0. The van der Waals surface area contributed by atoms with Gasteiger partial charge < -0.3 is 33.8 Å². The standard InChI is InChI=1S/C70H136O17P2/c1-6-9-12-15-18-21-23-24-25-26-27-28-29-30-35-41-46-51-56-70(75)87-66(60-81-68(73)54-49-44-39-36-31-33-37-42-47-52-63(4)5)62-85-89(78,79)83-58-64(71)57-82-88(76,77)84-61-65(59-80-67(72)53-48-43-38-32-20-17-14-11-8-3)86-69(74)55-50-45-40-34-22-19-16-13-10-7-2/h63-66,71H,6-62H2,1-5H3,(H,76,77)(H,78,79)/t64-,65+,66+/m0/s1. The highest BCUT2D eigenvalue weighted by atomic mass is 31.2. The Balaban J connectivity index is 5.20. The summed E-state index contributed by atoms with van der Waals surface area (Å²) in [6.45, 7) is 7.21. The summed E-state index contributed by atoms with van der Waals surface area (Å²) in [4.78, 5) is 72.4. The Bertz CT molecular complexity index is 1720. The summed E-state index contributed by atoms with van der Waals surface area (Å²) in [6.07, 6.45) is 50.0. The fourth-order valence-corrected chi connectivity index (χ4v) is 12.2. The van der Waals surface area contributed by atoms with Gasteiger partial charge in [-0.3, -0.25) is 37.3 Å². The molecule has 0 spiro atoms. The number of ether oxygens (including phenoxy) is 4. The first-order chi connectivity index (χ1) is 43.0. The third kappa shape index (κ3) is 64.6. The molecule has 0 radical (unpaired) electrons. The van der Waals surface area contributed by atoms with Gasteiger partial charge in [0.25, 0.3) is 0 Å². The van der Waals surface area contributed by atoms with Crippen LogP contribution in [0.2, 0.25) is 0 Å². The number of esters is 4. The largest absolute Gasteiger partial charge is 0.472 e. The first-order valence-corrected chi connectivity index (χ1v) is 39.6. The highest BCUT2D eigenvalue weighted by molar-refractivity contribution is 7.47. The Hall–Kier alpha value is -1.94. The summed E-state index contributed by atoms with van der Waals surface area (Å²) in [5, 5.41) is 10.6. The molecule has 0 aromatic carbocycles. The number of aliphatic hydroxyl groups excluding tert-OH is 1. The van der Waals surface area contributed by atoms with Crippen molar-refractivity contribution in [3.63, 3.8) is 0 Å². The van der Waals surface area contributed by atoms with E-state index in [-0.39, 0.29) is 25.7 Å². The second-order valence-corrected chi connectivity index (χ2v) is 28.7. The third-order valence-electron chi connectivity index (χ3n) is 16.3. The lowest BCUT2D eigenvalue weighted by Crippen LogP contribution is -2.30. The molecule has 5 atom stereocenters. The van der Waals surface area contributed by atoms with Crippen LogP contribution < -0.4 is 0 Å². The van der Waals surface area contributed by atoms with Crippen LogP contribution in [0.4, 0.5) is 0 Å². The maximum Gasteiger partial charge on any atom is 0.472 e. The van der Waals surface area contributed by atoms with E-state index in [9.17, 15) is 43.2 Å². The van der Waals surface area contributed by atoms with Gasteiger partial charge in [0.05, 0.1) is 26.4 Å². The van der Waals surface area contributed by atoms with Gasteiger partial charge in [0, 0.05) is 25.7 Å². The van der Waals surface area contributed by atoms with Crippen LogP contribution in [0.5, 0.6) is 0 Å². The average molecular weight is 1310 g/mol. The SMILES string of the molecule is CCCCCCCCCCCCCCCCCCCCC(=O)O[C@H](COC(=O)CCCCCCCCCCCC(C)C)COP(=O)(O)OC[C@@H](O)COP(=O)(O)OC[C@@H](COC(=O)CCCCCCCCCCC)OC(=O)CCCCCCCCCCCC. The van der Waals surface area contributed by atoms with Gasteiger partial charge >= 0.3 is 39.5 Å². The first-order valence-electron chi connectivity index (χ1n) is 36.6. The van der Waals surface area contributed by atoms with Crippen LogP contribution in [0.25, 0.3) is 0 Å². The van der Waals surface area contributed by atoms with Gasteiger partial charge in [-0.1, -0.05) is 311 Å². The van der Waals surface area contributed by atoms with Crippen molar-refractivity contribution in [2.45, 2.75) is 380 Å². The van der Waals surface area contributed by atoms with Gasteiger partial charge in [-0.25, -0.2) is 9.13 Å². The second kappa shape index (κ2) is 63.5. The van der Waals surface area contributed by atoms with E-state index in [1.54, 1.807) is 0 Å². The maximum atomic E-state index is 13.0. The fraction of sp³-hybridized carbons (Fsp3) is 0.943. The summed E-state index contributed by atoms with van der Waals surface area (Å²) in [7, 11) is -9.89. The molecule has 0 aliphatic carbocycles. The van der Waals surface area contributed by atoms with E-state index in [4.69, 9.17) is 37.0 Å². The van der Waals surface area contributed by atoms with E-state index in [2.05, 4.69) is 34.6 Å². The lowest BCUT2D eigenvalue weighted by Gasteiger charge is -2.21. The normalized spacial score (nSPS) is 14.1. The number of unbranched alkanes of at least 4 members (excludes halogenated alkanes) is 42. The van der Waals surface area contributed by atoms with E-state index in [1.165, 1.54) is 186 Å². The average Bonchev–Trinajstić information content (AvgIpc) is 3.51. The molecule has 528 valence electrons. The Kier molecular flexibility index (Phi) is 62.1. The Morgan fingerprint density at radius 2 is 0.517 bits per heavy atom. The molecule has 0 saturated carbocycles. The summed E-state index contributed by atoms with van der Waals surface area (Å²) < 4.78 is 68.2. The van der Waals surface area contributed by atoms with Crippen molar-refractivity contribution in [1.29, 1.82) is 0 Å². The minimum Gasteiger partial charge on any atom is -0.462 e. The van der Waals surface area contributed by atoms with Crippen molar-refractivity contribution in [3.8, 4) is 0 Å². The van der Waals surface area contributed by atoms with Crippen molar-refractivity contribution >= 4 is 39.5 Å². The molecule has 2 unspecified atom stereocenters. The number of hydrogen-bond donors (Lipinski definition) is 3. The Morgan fingerprint density at radius 1 is 0.303 bits per heavy atom. The van der Waals surface area contributed by atoms with Crippen LogP contribution in [0.3, 0.4) is 0 Å². The van der Waals surface area contributed by atoms with E-state index in [1.807, 2.05) is 0 Å². The molecule has 89 heavy (non-hydrogen) atoms. The molecule has 0 bridgehead atoms. The number of rotatable bonds is 70. The number of carbonyl (C=O) groups excluding carboxylic acids is 4. The zero-order valence-corrected chi connectivity index (χ0v) is 59.4. The Morgan fingerprint density at radius 3 is 0.764 bits per heavy atom. The summed E-state index contributed by atoms with van der Waals surface area (Å²) in [5.41, 5.74) is 0. The molecular formula is C70H136O17P2. The Labute approximate surface area is 543 Å². The van der Waals surface area contributed by atoms with Crippen LogP contribution in [-0.4, -0.2) is 96.7 Å². The van der Waals surface area contributed by atoms with Crippen molar-refractivity contribution < 1.29 is 80.2 Å². The van der Waals surface area contributed by atoms with Crippen LogP contribution in [0.1, 0.15) is 362 Å². The van der Waals surface area contributed by atoms with Crippen LogP contribution >= 0.6 is 15.6 Å². The second-order valence-electron chi connectivity index (χ2n) is 25.7. The number of carbonyl (C=O) groups is 4. The van der Waals surface area contributed by atoms with E-state index in [0.717, 1.165) is 95.8 Å². The lowest BCUT2D eigenvalue weighted by molar-refractivity contribution is -0.161. The van der Waals surface area contributed by atoms with Crippen molar-refractivity contribution in [1.82, 2.24) is 0 Å². The molecule has 0 aromatic rings. The molecule has 0 aliphatic heterocycles. The van der Waals surface area contributed by atoms with E-state index < -0.39 is 97.5 Å². The molecule has 0 aliphatic rings. The quantitative estimate of drug-likeness (QED) is 0.0222. The van der Waals surface area contributed by atoms with E-state index in [0.29, 0.717) is 25.7 Å². The smallest absolute Gasteiger partial charge is 0.462 e. The molecule has 0 heterocycles. The van der Waals surface area contributed by atoms with Gasteiger partial charge in [-0.05, 0) is 31.6 Å². The predicted octanol–water partition coefficient (Wildman–Crippen LogP) is 20.1. The highest BCUT2D eigenvalue weighted by Crippen LogP contribution is 2.45. The van der Waals surface area contributed by atoms with Gasteiger partial charge in [-0.15, -0.1) is 0 Å². The fourth-order valence-electron chi connectivity index (χ4n) is 10.6.